The molecule has 3 rings (SSSR count). The van der Waals surface area contributed by atoms with Crippen LogP contribution in [0.15, 0.2) is 36.4 Å². The van der Waals surface area contributed by atoms with Crippen LogP contribution in [0.1, 0.15) is 20.7 Å². The maximum Gasteiger partial charge on any atom is 0.259 e. The quantitative estimate of drug-likeness (QED) is 0.508. The summed E-state index contributed by atoms with van der Waals surface area (Å²) in [5.74, 6) is -0.629. The molecular weight excluding hydrogens is 468 g/mol. The number of halogens is 2. The maximum atomic E-state index is 12.0. The molecule has 2 amide bonds. The Balaban J connectivity index is 2.30. The Labute approximate surface area is 137 Å². The van der Waals surface area contributed by atoms with E-state index in [1.165, 1.54) is 0 Å². The van der Waals surface area contributed by atoms with Crippen LogP contribution in [-0.2, 0) is 0 Å². The summed E-state index contributed by atoms with van der Waals surface area (Å²) in [6.07, 6.45) is 0. The summed E-state index contributed by atoms with van der Waals surface area (Å²) in [6, 6.07) is 11.5. The van der Waals surface area contributed by atoms with Gasteiger partial charge in [-0.05, 0) is 75.0 Å². The van der Waals surface area contributed by atoms with Gasteiger partial charge in [0, 0.05) is 12.7 Å². The predicted molar refractivity (Wildman–Crippen MR) is 89.1 cm³/mol. The Hall–Kier alpha value is -0.960. The zero-order valence-corrected chi connectivity index (χ0v) is 13.9. The lowest BCUT2D eigenvalue weighted by molar-refractivity contribution is 0.0880. The fourth-order valence-electron chi connectivity index (χ4n) is 2.13. The van der Waals surface area contributed by atoms with Crippen LogP contribution in [0, 0.1) is 7.14 Å². The number of carbonyl (C=O) groups is 2. The fraction of sp³-hybridized carbons (Fsp3) is 0. The molecule has 0 atom stereocenters. The Morgan fingerprint density at radius 3 is 2.16 bits per heavy atom. The lowest BCUT2D eigenvalue weighted by atomic mass is 9.97. The monoisotopic (exact) mass is 475 g/mol. The molecule has 3 nitrogen and oxygen atoms in total. The Kier molecular flexibility index (Phi) is 3.34. The number of amides is 2. The third-order valence-corrected chi connectivity index (χ3v) is 4.60. The van der Waals surface area contributed by atoms with Gasteiger partial charge in [0.25, 0.3) is 11.8 Å². The minimum Gasteiger partial charge on any atom is -0.288 e. The minimum absolute atomic E-state index is 0.313. The first kappa shape index (κ1) is 13.0. The van der Waals surface area contributed by atoms with E-state index in [-0.39, 0.29) is 11.8 Å². The van der Waals surface area contributed by atoms with Gasteiger partial charge < -0.3 is 0 Å². The molecule has 1 N–H and O–H groups in total. The van der Waals surface area contributed by atoms with Crippen LogP contribution in [0.4, 0.5) is 0 Å². The van der Waals surface area contributed by atoms with Gasteiger partial charge >= 0.3 is 0 Å². The van der Waals surface area contributed by atoms with E-state index in [9.17, 15) is 9.59 Å². The Morgan fingerprint density at radius 2 is 1.47 bits per heavy atom. The highest BCUT2D eigenvalue weighted by Gasteiger charge is 2.30. The molecule has 2 aromatic carbocycles. The third kappa shape index (κ3) is 2.18. The lowest BCUT2D eigenvalue weighted by Crippen LogP contribution is -2.20. The molecule has 0 bridgehead atoms. The Bertz CT molecular complexity index is 708. The van der Waals surface area contributed by atoms with Gasteiger partial charge in [-0.2, -0.15) is 0 Å². The van der Waals surface area contributed by atoms with Crippen molar-refractivity contribution in [3.05, 3.63) is 54.7 Å². The van der Waals surface area contributed by atoms with E-state index in [0.29, 0.717) is 11.1 Å². The molecule has 94 valence electrons. The second-order valence-corrected chi connectivity index (χ2v) is 6.54. The topological polar surface area (TPSA) is 46.2 Å². The molecule has 0 fully saturated rings. The summed E-state index contributed by atoms with van der Waals surface area (Å²) in [5.41, 5.74) is 2.72. The molecule has 2 aromatic rings. The highest BCUT2D eigenvalue weighted by Crippen LogP contribution is 2.33. The average molecular weight is 475 g/mol. The van der Waals surface area contributed by atoms with Gasteiger partial charge in [0.15, 0.2) is 0 Å². The normalized spacial score (nSPS) is 13.4. The largest absolute Gasteiger partial charge is 0.288 e. The molecular formula is C14H7I2NO2. The zero-order valence-electron chi connectivity index (χ0n) is 9.54. The molecule has 0 saturated heterocycles. The van der Waals surface area contributed by atoms with E-state index in [1.54, 1.807) is 6.07 Å². The van der Waals surface area contributed by atoms with E-state index in [0.717, 1.165) is 18.3 Å². The maximum absolute atomic E-state index is 12.0. The standard InChI is InChI=1S/C14H7I2NO2/c15-8-3-1-7(2-4-8)11-10(16)6-5-9-12(11)14(19)17-13(9)18/h1-6H,(H,17,18,19). The number of nitrogens with one attached hydrogen (secondary N) is 1. The van der Waals surface area contributed by atoms with Crippen molar-refractivity contribution < 1.29 is 9.59 Å². The predicted octanol–water partition coefficient (Wildman–Crippen LogP) is 3.45. The van der Waals surface area contributed by atoms with Crippen molar-refractivity contribution >= 4 is 57.0 Å². The number of fused-ring (bicyclic) bond motifs is 1. The number of hydrogen-bond donors (Lipinski definition) is 1. The zero-order chi connectivity index (χ0) is 13.6. The summed E-state index contributed by atoms with van der Waals surface area (Å²) in [7, 11) is 0. The first-order chi connectivity index (χ1) is 9.08. The number of imide groups is 1. The second kappa shape index (κ2) is 4.86. The van der Waals surface area contributed by atoms with Gasteiger partial charge in [-0.1, -0.05) is 12.1 Å². The molecule has 0 aliphatic carbocycles. The van der Waals surface area contributed by atoms with E-state index in [2.05, 4.69) is 50.5 Å². The van der Waals surface area contributed by atoms with Crippen LogP contribution >= 0.6 is 45.2 Å². The first-order valence-corrected chi connectivity index (χ1v) is 7.68. The summed E-state index contributed by atoms with van der Waals surface area (Å²) in [4.78, 5) is 23.6. The van der Waals surface area contributed by atoms with Crippen LogP contribution in [0.2, 0.25) is 0 Å². The van der Waals surface area contributed by atoms with Crippen molar-refractivity contribution in [3.63, 3.8) is 0 Å². The molecule has 0 radical (unpaired) electrons. The summed E-state index contributed by atoms with van der Waals surface area (Å²) >= 11 is 4.42. The van der Waals surface area contributed by atoms with E-state index in [4.69, 9.17) is 0 Å². The van der Waals surface area contributed by atoms with Crippen LogP contribution in [-0.4, -0.2) is 11.8 Å². The molecule has 1 aliphatic heterocycles. The van der Waals surface area contributed by atoms with Crippen LogP contribution in [0.5, 0.6) is 0 Å². The van der Waals surface area contributed by atoms with Gasteiger partial charge in [-0.25, -0.2) is 0 Å². The Morgan fingerprint density at radius 1 is 0.789 bits per heavy atom. The molecule has 1 aliphatic rings. The van der Waals surface area contributed by atoms with Crippen molar-refractivity contribution in [2.75, 3.05) is 0 Å². The van der Waals surface area contributed by atoms with Crippen LogP contribution in [0.25, 0.3) is 11.1 Å². The highest BCUT2D eigenvalue weighted by atomic mass is 127. The molecule has 0 unspecified atom stereocenters. The number of hydrogen-bond acceptors (Lipinski definition) is 2. The molecule has 5 heteroatoms. The van der Waals surface area contributed by atoms with Crippen molar-refractivity contribution in [3.8, 4) is 11.1 Å². The van der Waals surface area contributed by atoms with Gasteiger partial charge in [0.1, 0.15) is 0 Å². The minimum atomic E-state index is -0.317. The SMILES string of the molecule is O=C1NC(=O)c2c1ccc(I)c2-c1ccc(I)cc1. The van der Waals surface area contributed by atoms with E-state index in [1.807, 2.05) is 30.3 Å². The van der Waals surface area contributed by atoms with Gasteiger partial charge in [-0.15, -0.1) is 0 Å². The first-order valence-electron chi connectivity index (χ1n) is 5.52. The lowest BCUT2D eigenvalue weighted by Gasteiger charge is -2.09. The van der Waals surface area contributed by atoms with E-state index < -0.39 is 0 Å². The molecule has 1 heterocycles. The number of rotatable bonds is 1. The van der Waals surface area contributed by atoms with Crippen molar-refractivity contribution in [2.45, 2.75) is 0 Å². The van der Waals surface area contributed by atoms with Gasteiger partial charge in [0.2, 0.25) is 0 Å². The summed E-state index contributed by atoms with van der Waals surface area (Å²) in [5, 5.41) is 2.35. The van der Waals surface area contributed by atoms with Gasteiger partial charge in [0.05, 0.1) is 11.1 Å². The molecule has 0 spiro atoms. The highest BCUT2D eigenvalue weighted by molar-refractivity contribution is 14.1. The number of benzene rings is 2. The second-order valence-electron chi connectivity index (χ2n) is 4.14. The summed E-state index contributed by atoms with van der Waals surface area (Å²) < 4.78 is 2.09. The summed E-state index contributed by atoms with van der Waals surface area (Å²) in [6.45, 7) is 0. The van der Waals surface area contributed by atoms with Crippen LogP contribution < -0.4 is 5.32 Å². The van der Waals surface area contributed by atoms with Crippen molar-refractivity contribution in [2.24, 2.45) is 0 Å². The molecule has 0 saturated carbocycles. The molecule has 19 heavy (non-hydrogen) atoms. The van der Waals surface area contributed by atoms with Crippen molar-refractivity contribution in [1.29, 1.82) is 0 Å². The van der Waals surface area contributed by atoms with Crippen molar-refractivity contribution in [1.82, 2.24) is 5.32 Å². The van der Waals surface area contributed by atoms with Crippen LogP contribution in [0.3, 0.4) is 0 Å². The number of carbonyl (C=O) groups excluding carboxylic acids is 2. The van der Waals surface area contributed by atoms with E-state index >= 15 is 0 Å². The smallest absolute Gasteiger partial charge is 0.259 e. The molecule has 0 aromatic heterocycles. The third-order valence-electron chi connectivity index (χ3n) is 2.99. The fourth-order valence-corrected chi connectivity index (χ4v) is 3.25. The average Bonchev–Trinajstić information content (AvgIpc) is 2.66. The van der Waals surface area contributed by atoms with Gasteiger partial charge in [-0.3, -0.25) is 14.9 Å².